The SMILES string of the molecule is CC(C)N(Cc1ccccc1)Cc1nc(C2CC2)no1. The molecule has 0 bridgehead atoms. The van der Waals surface area contributed by atoms with Crippen molar-refractivity contribution in [1.82, 2.24) is 15.0 Å². The summed E-state index contributed by atoms with van der Waals surface area (Å²) in [5.74, 6) is 2.18. The highest BCUT2D eigenvalue weighted by atomic mass is 16.5. The van der Waals surface area contributed by atoms with Gasteiger partial charge in [-0.15, -0.1) is 0 Å². The van der Waals surface area contributed by atoms with Gasteiger partial charge in [0.25, 0.3) is 0 Å². The predicted molar refractivity (Wildman–Crippen MR) is 77.1 cm³/mol. The summed E-state index contributed by atoms with van der Waals surface area (Å²) >= 11 is 0. The van der Waals surface area contributed by atoms with Crippen LogP contribution in [-0.2, 0) is 13.1 Å². The Bertz CT molecular complexity index is 546. The van der Waals surface area contributed by atoms with Gasteiger partial charge in [0.15, 0.2) is 5.82 Å². The Morgan fingerprint density at radius 3 is 2.60 bits per heavy atom. The quantitative estimate of drug-likeness (QED) is 0.808. The molecule has 1 heterocycles. The number of rotatable bonds is 6. The smallest absolute Gasteiger partial charge is 0.240 e. The van der Waals surface area contributed by atoms with Crippen LogP contribution >= 0.6 is 0 Å². The average molecular weight is 271 g/mol. The second kappa shape index (κ2) is 5.75. The number of nitrogens with zero attached hydrogens (tertiary/aromatic N) is 3. The van der Waals surface area contributed by atoms with Gasteiger partial charge in [-0.1, -0.05) is 35.5 Å². The van der Waals surface area contributed by atoms with Crippen molar-refractivity contribution in [1.29, 1.82) is 0 Å². The molecule has 0 spiro atoms. The molecule has 0 radical (unpaired) electrons. The van der Waals surface area contributed by atoms with E-state index in [1.165, 1.54) is 18.4 Å². The molecule has 0 aliphatic heterocycles. The van der Waals surface area contributed by atoms with Crippen molar-refractivity contribution in [3.63, 3.8) is 0 Å². The van der Waals surface area contributed by atoms with Crippen molar-refractivity contribution < 1.29 is 4.52 Å². The number of aromatic nitrogens is 2. The first-order valence-corrected chi connectivity index (χ1v) is 7.33. The summed E-state index contributed by atoms with van der Waals surface area (Å²) in [6.07, 6.45) is 2.41. The van der Waals surface area contributed by atoms with E-state index in [9.17, 15) is 0 Å². The third kappa shape index (κ3) is 3.25. The van der Waals surface area contributed by atoms with Crippen LogP contribution in [0.3, 0.4) is 0 Å². The zero-order valence-electron chi connectivity index (χ0n) is 12.1. The zero-order chi connectivity index (χ0) is 13.9. The van der Waals surface area contributed by atoms with Gasteiger partial charge in [-0.2, -0.15) is 4.98 Å². The van der Waals surface area contributed by atoms with E-state index in [-0.39, 0.29) is 0 Å². The van der Waals surface area contributed by atoms with E-state index in [0.717, 1.165) is 18.3 Å². The van der Waals surface area contributed by atoms with Gasteiger partial charge in [-0.25, -0.2) is 0 Å². The molecule has 1 fully saturated rings. The lowest BCUT2D eigenvalue weighted by Gasteiger charge is -2.24. The maximum atomic E-state index is 5.38. The average Bonchev–Trinajstić information content (AvgIpc) is 3.19. The third-order valence-electron chi connectivity index (χ3n) is 3.72. The lowest BCUT2D eigenvalue weighted by molar-refractivity contribution is 0.176. The highest BCUT2D eigenvalue weighted by Crippen LogP contribution is 2.38. The van der Waals surface area contributed by atoms with Crippen LogP contribution in [0.1, 0.15) is 49.9 Å². The summed E-state index contributed by atoms with van der Waals surface area (Å²) in [6.45, 7) is 6.01. The largest absolute Gasteiger partial charge is 0.338 e. The van der Waals surface area contributed by atoms with Gasteiger partial charge >= 0.3 is 0 Å². The summed E-state index contributed by atoms with van der Waals surface area (Å²) in [5.41, 5.74) is 1.31. The van der Waals surface area contributed by atoms with Crippen LogP contribution in [-0.4, -0.2) is 21.1 Å². The molecule has 1 saturated carbocycles. The molecule has 1 aromatic carbocycles. The number of hydrogen-bond donors (Lipinski definition) is 0. The summed E-state index contributed by atoms with van der Waals surface area (Å²) in [4.78, 5) is 6.86. The minimum Gasteiger partial charge on any atom is -0.338 e. The predicted octanol–water partition coefficient (Wildman–Crippen LogP) is 3.36. The van der Waals surface area contributed by atoms with Gasteiger partial charge in [-0.05, 0) is 32.3 Å². The minimum absolute atomic E-state index is 0.437. The molecule has 3 rings (SSSR count). The Labute approximate surface area is 119 Å². The van der Waals surface area contributed by atoms with Gasteiger partial charge in [0.1, 0.15) is 0 Å². The van der Waals surface area contributed by atoms with E-state index in [1.54, 1.807) is 0 Å². The molecule has 1 aliphatic carbocycles. The third-order valence-corrected chi connectivity index (χ3v) is 3.72. The molecular formula is C16H21N3O. The molecule has 20 heavy (non-hydrogen) atoms. The van der Waals surface area contributed by atoms with Crippen molar-refractivity contribution in [2.75, 3.05) is 0 Å². The van der Waals surface area contributed by atoms with E-state index in [4.69, 9.17) is 4.52 Å². The molecule has 0 saturated heterocycles. The minimum atomic E-state index is 0.437. The highest BCUT2D eigenvalue weighted by molar-refractivity contribution is 5.14. The standard InChI is InChI=1S/C16H21N3O/c1-12(2)19(10-13-6-4-3-5-7-13)11-15-17-16(18-20-15)14-8-9-14/h3-7,12,14H,8-11H2,1-2H3. The van der Waals surface area contributed by atoms with Crippen molar-refractivity contribution in [3.05, 3.63) is 47.6 Å². The van der Waals surface area contributed by atoms with Crippen LogP contribution in [0.25, 0.3) is 0 Å². The van der Waals surface area contributed by atoms with Crippen LogP contribution in [0.15, 0.2) is 34.9 Å². The van der Waals surface area contributed by atoms with Gasteiger partial charge in [0, 0.05) is 18.5 Å². The van der Waals surface area contributed by atoms with Gasteiger partial charge in [0.05, 0.1) is 6.54 Å². The molecule has 4 nitrogen and oxygen atoms in total. The maximum Gasteiger partial charge on any atom is 0.240 e. The van der Waals surface area contributed by atoms with Crippen molar-refractivity contribution in [3.8, 4) is 0 Å². The van der Waals surface area contributed by atoms with Crippen LogP contribution < -0.4 is 0 Å². The molecule has 0 unspecified atom stereocenters. The highest BCUT2D eigenvalue weighted by Gasteiger charge is 2.29. The number of hydrogen-bond acceptors (Lipinski definition) is 4. The van der Waals surface area contributed by atoms with Crippen molar-refractivity contribution >= 4 is 0 Å². The Balaban J connectivity index is 1.67. The fraction of sp³-hybridized carbons (Fsp3) is 0.500. The molecule has 0 N–H and O–H groups in total. The van der Waals surface area contributed by atoms with E-state index < -0.39 is 0 Å². The second-order valence-electron chi connectivity index (χ2n) is 5.80. The lowest BCUT2D eigenvalue weighted by atomic mass is 10.2. The Hall–Kier alpha value is -1.68. The maximum absolute atomic E-state index is 5.38. The summed E-state index contributed by atoms with van der Waals surface area (Å²) in [5, 5.41) is 4.08. The molecule has 1 aromatic heterocycles. The fourth-order valence-electron chi connectivity index (χ4n) is 2.25. The monoisotopic (exact) mass is 271 g/mol. The Morgan fingerprint density at radius 1 is 1.20 bits per heavy atom. The normalized spacial score (nSPS) is 15.2. The number of benzene rings is 1. The first-order valence-electron chi connectivity index (χ1n) is 7.33. The molecule has 106 valence electrons. The lowest BCUT2D eigenvalue weighted by Crippen LogP contribution is -2.29. The van der Waals surface area contributed by atoms with E-state index in [1.807, 2.05) is 6.07 Å². The van der Waals surface area contributed by atoms with Crippen LogP contribution in [0.2, 0.25) is 0 Å². The van der Waals surface area contributed by atoms with Crippen LogP contribution in [0, 0.1) is 0 Å². The summed E-state index contributed by atoms with van der Waals surface area (Å²) < 4.78 is 5.38. The van der Waals surface area contributed by atoms with E-state index >= 15 is 0 Å². The van der Waals surface area contributed by atoms with Crippen LogP contribution in [0.5, 0.6) is 0 Å². The summed E-state index contributed by atoms with van der Waals surface area (Å²) in [6, 6.07) is 10.9. The molecule has 4 heteroatoms. The van der Waals surface area contributed by atoms with Crippen molar-refractivity contribution in [2.45, 2.75) is 51.7 Å². The molecule has 0 atom stereocenters. The van der Waals surface area contributed by atoms with Gasteiger partial charge in [-0.3, -0.25) is 4.90 Å². The Morgan fingerprint density at radius 2 is 1.95 bits per heavy atom. The van der Waals surface area contributed by atoms with E-state index in [2.05, 4.69) is 53.2 Å². The molecule has 0 amide bonds. The zero-order valence-corrected chi connectivity index (χ0v) is 12.1. The molecule has 2 aromatic rings. The molecule has 1 aliphatic rings. The van der Waals surface area contributed by atoms with Crippen LogP contribution in [0.4, 0.5) is 0 Å². The fourth-order valence-corrected chi connectivity index (χ4v) is 2.25. The summed E-state index contributed by atoms with van der Waals surface area (Å²) in [7, 11) is 0. The van der Waals surface area contributed by atoms with Gasteiger partial charge < -0.3 is 4.52 Å². The Kier molecular flexibility index (Phi) is 3.83. The first kappa shape index (κ1) is 13.3. The van der Waals surface area contributed by atoms with Crippen molar-refractivity contribution in [2.24, 2.45) is 0 Å². The van der Waals surface area contributed by atoms with Gasteiger partial charge in [0.2, 0.25) is 5.89 Å². The first-order chi connectivity index (χ1) is 9.72. The molecular weight excluding hydrogens is 250 g/mol. The topological polar surface area (TPSA) is 42.2 Å². The van der Waals surface area contributed by atoms with E-state index in [0.29, 0.717) is 18.5 Å². The second-order valence-corrected chi connectivity index (χ2v) is 5.80.